The summed E-state index contributed by atoms with van der Waals surface area (Å²) in [6.45, 7) is 12.7. The maximum absolute atomic E-state index is 10.6. The van der Waals surface area contributed by atoms with Crippen molar-refractivity contribution in [3.8, 4) is 5.75 Å². The summed E-state index contributed by atoms with van der Waals surface area (Å²) in [5.41, 5.74) is 0. The lowest BCUT2D eigenvalue weighted by Gasteiger charge is -2.05. The van der Waals surface area contributed by atoms with Crippen LogP contribution in [0.2, 0.25) is 0 Å². The zero-order valence-corrected chi connectivity index (χ0v) is 16.2. The Morgan fingerprint density at radius 3 is 1.82 bits per heavy atom. The number of carbonyl (C=O) groups excluding carboxylic acids is 2. The molecule has 0 aromatic heterocycles. The molecular formula is C21H28O7. The van der Waals surface area contributed by atoms with Crippen LogP contribution >= 0.6 is 0 Å². The molecule has 0 aliphatic rings. The number of carboxylic acid groups (broad SMARTS) is 1. The predicted octanol–water partition coefficient (Wildman–Crippen LogP) is 3.57. The molecule has 7 heteroatoms. The first-order valence-corrected chi connectivity index (χ1v) is 8.52. The predicted molar refractivity (Wildman–Crippen MR) is 107 cm³/mol. The SMILES string of the molecule is C=CC(=O)O.C=CC(=O)OCCCC.C=CC(=O)OCCOc1ccccc1. The quantitative estimate of drug-likeness (QED) is 0.369. The number of carboxylic acids is 1. The topological polar surface area (TPSA) is 99.1 Å². The molecule has 7 nitrogen and oxygen atoms in total. The second-order valence-electron chi connectivity index (χ2n) is 4.80. The van der Waals surface area contributed by atoms with Crippen molar-refractivity contribution in [1.29, 1.82) is 0 Å². The maximum Gasteiger partial charge on any atom is 0.330 e. The molecule has 0 heterocycles. The number of para-hydroxylation sites is 1. The van der Waals surface area contributed by atoms with Crippen molar-refractivity contribution in [3.05, 3.63) is 68.3 Å². The Labute approximate surface area is 165 Å². The average Bonchev–Trinajstić information content (AvgIpc) is 2.72. The summed E-state index contributed by atoms with van der Waals surface area (Å²) in [5, 5.41) is 7.60. The fraction of sp³-hybridized carbons (Fsp3) is 0.286. The molecule has 0 bridgehead atoms. The molecule has 154 valence electrons. The highest BCUT2D eigenvalue weighted by Crippen LogP contribution is 2.07. The van der Waals surface area contributed by atoms with Crippen LogP contribution in [0.4, 0.5) is 0 Å². The fourth-order valence-electron chi connectivity index (χ4n) is 1.25. The van der Waals surface area contributed by atoms with Crippen molar-refractivity contribution in [2.45, 2.75) is 19.8 Å². The van der Waals surface area contributed by atoms with Crippen molar-refractivity contribution in [1.82, 2.24) is 0 Å². The van der Waals surface area contributed by atoms with E-state index >= 15 is 0 Å². The van der Waals surface area contributed by atoms with Crippen molar-refractivity contribution >= 4 is 17.9 Å². The molecule has 0 atom stereocenters. The van der Waals surface area contributed by atoms with Gasteiger partial charge in [0.25, 0.3) is 0 Å². The Bertz CT molecular complexity index is 594. The van der Waals surface area contributed by atoms with Crippen LogP contribution in [-0.4, -0.2) is 42.8 Å². The van der Waals surface area contributed by atoms with Crippen LogP contribution in [0.3, 0.4) is 0 Å². The molecule has 0 radical (unpaired) electrons. The summed E-state index contributed by atoms with van der Waals surface area (Å²) >= 11 is 0. The highest BCUT2D eigenvalue weighted by atomic mass is 16.6. The molecule has 0 saturated carbocycles. The van der Waals surface area contributed by atoms with Gasteiger partial charge in [0.1, 0.15) is 19.0 Å². The normalized spacial score (nSPS) is 8.46. The van der Waals surface area contributed by atoms with Gasteiger partial charge < -0.3 is 19.3 Å². The molecule has 1 aromatic carbocycles. The summed E-state index contributed by atoms with van der Waals surface area (Å²) in [7, 11) is 0. The minimum absolute atomic E-state index is 0.236. The van der Waals surface area contributed by atoms with Crippen molar-refractivity contribution in [2.75, 3.05) is 19.8 Å². The lowest BCUT2D eigenvalue weighted by atomic mass is 10.3. The van der Waals surface area contributed by atoms with E-state index in [0.29, 0.717) is 13.2 Å². The molecular weight excluding hydrogens is 364 g/mol. The summed E-state index contributed by atoms with van der Waals surface area (Å²) in [6, 6.07) is 9.35. The van der Waals surface area contributed by atoms with E-state index in [0.717, 1.165) is 30.7 Å². The maximum atomic E-state index is 10.6. The van der Waals surface area contributed by atoms with Gasteiger partial charge in [0, 0.05) is 18.2 Å². The summed E-state index contributed by atoms with van der Waals surface area (Å²) in [6.07, 6.45) is 5.11. The van der Waals surface area contributed by atoms with Crippen LogP contribution in [-0.2, 0) is 23.9 Å². The molecule has 1 aromatic rings. The van der Waals surface area contributed by atoms with Crippen LogP contribution in [0.15, 0.2) is 68.3 Å². The van der Waals surface area contributed by atoms with E-state index in [1.54, 1.807) is 0 Å². The zero-order chi connectivity index (χ0) is 21.6. The molecule has 0 fully saturated rings. The van der Waals surface area contributed by atoms with E-state index in [9.17, 15) is 14.4 Å². The van der Waals surface area contributed by atoms with Gasteiger partial charge in [-0.3, -0.25) is 0 Å². The standard InChI is InChI=1S/C11H12O3.C7H12O2.C3H4O2/c1-2-11(12)14-9-8-13-10-6-4-3-5-7-10;1-3-5-6-9-7(8)4-2;1-2-3(4)5/h2-7H,1,8-9H2;4H,2-3,5-6H2,1H3;2H,1H2,(H,4,5). The molecule has 0 aliphatic heterocycles. The van der Waals surface area contributed by atoms with Gasteiger partial charge in [0.05, 0.1) is 6.61 Å². The van der Waals surface area contributed by atoms with E-state index in [1.807, 2.05) is 37.3 Å². The lowest BCUT2D eigenvalue weighted by Crippen LogP contribution is -2.09. The minimum atomic E-state index is -0.981. The number of aliphatic carboxylic acids is 1. The average molecular weight is 392 g/mol. The van der Waals surface area contributed by atoms with Gasteiger partial charge in [-0.25, -0.2) is 14.4 Å². The summed E-state index contributed by atoms with van der Waals surface area (Å²) < 4.78 is 14.7. The van der Waals surface area contributed by atoms with Gasteiger partial charge in [0.2, 0.25) is 0 Å². The first-order chi connectivity index (χ1) is 13.4. The van der Waals surface area contributed by atoms with E-state index in [4.69, 9.17) is 14.6 Å². The van der Waals surface area contributed by atoms with E-state index < -0.39 is 11.9 Å². The number of benzene rings is 1. The molecule has 0 amide bonds. The molecule has 28 heavy (non-hydrogen) atoms. The van der Waals surface area contributed by atoms with Crippen LogP contribution in [0.1, 0.15) is 19.8 Å². The minimum Gasteiger partial charge on any atom is -0.490 e. The molecule has 0 saturated heterocycles. The summed E-state index contributed by atoms with van der Waals surface area (Å²) in [4.78, 5) is 30.2. The Hall–Kier alpha value is -3.35. The Morgan fingerprint density at radius 2 is 1.39 bits per heavy atom. The van der Waals surface area contributed by atoms with Crippen molar-refractivity contribution in [3.63, 3.8) is 0 Å². The largest absolute Gasteiger partial charge is 0.490 e. The highest BCUT2D eigenvalue weighted by Gasteiger charge is 1.95. The third-order valence-corrected chi connectivity index (χ3v) is 2.59. The molecule has 0 aliphatic carbocycles. The van der Waals surface area contributed by atoms with Crippen LogP contribution in [0.5, 0.6) is 5.75 Å². The number of rotatable bonds is 10. The van der Waals surface area contributed by atoms with E-state index in [-0.39, 0.29) is 12.6 Å². The van der Waals surface area contributed by atoms with E-state index in [1.165, 1.54) is 6.08 Å². The number of unbranched alkanes of at least 4 members (excludes halogenated alkanes) is 1. The van der Waals surface area contributed by atoms with Gasteiger partial charge >= 0.3 is 17.9 Å². The Balaban J connectivity index is 0. The smallest absolute Gasteiger partial charge is 0.330 e. The Morgan fingerprint density at radius 1 is 0.893 bits per heavy atom. The number of hydrogen-bond acceptors (Lipinski definition) is 6. The second-order valence-corrected chi connectivity index (χ2v) is 4.80. The molecule has 0 unspecified atom stereocenters. The number of carbonyl (C=O) groups is 3. The van der Waals surface area contributed by atoms with Crippen LogP contribution in [0.25, 0.3) is 0 Å². The van der Waals surface area contributed by atoms with Gasteiger partial charge in [0.15, 0.2) is 0 Å². The number of esters is 2. The van der Waals surface area contributed by atoms with Gasteiger partial charge in [-0.2, -0.15) is 0 Å². The zero-order valence-electron chi connectivity index (χ0n) is 16.2. The molecule has 0 spiro atoms. The highest BCUT2D eigenvalue weighted by molar-refractivity contribution is 5.81. The monoisotopic (exact) mass is 392 g/mol. The third kappa shape index (κ3) is 20.7. The molecule has 1 N–H and O–H groups in total. The van der Waals surface area contributed by atoms with Crippen molar-refractivity contribution < 1.29 is 33.7 Å². The van der Waals surface area contributed by atoms with Crippen LogP contribution in [0, 0.1) is 0 Å². The van der Waals surface area contributed by atoms with Gasteiger partial charge in [-0.05, 0) is 18.6 Å². The molecule has 1 rings (SSSR count). The van der Waals surface area contributed by atoms with Gasteiger partial charge in [-0.15, -0.1) is 0 Å². The van der Waals surface area contributed by atoms with Crippen molar-refractivity contribution in [2.24, 2.45) is 0 Å². The second kappa shape index (κ2) is 20.0. The summed E-state index contributed by atoms with van der Waals surface area (Å²) in [5.74, 6) is -0.975. The first kappa shape index (κ1) is 26.9. The number of ether oxygens (including phenoxy) is 3. The van der Waals surface area contributed by atoms with Crippen LogP contribution < -0.4 is 4.74 Å². The third-order valence-electron chi connectivity index (χ3n) is 2.59. The fourth-order valence-corrected chi connectivity index (χ4v) is 1.25. The Kier molecular flexibility index (Phi) is 19.2. The lowest BCUT2D eigenvalue weighted by molar-refractivity contribution is -0.139. The van der Waals surface area contributed by atoms with E-state index in [2.05, 4.69) is 24.5 Å². The first-order valence-electron chi connectivity index (χ1n) is 8.52. The van der Waals surface area contributed by atoms with Gasteiger partial charge in [-0.1, -0.05) is 51.3 Å². The number of hydrogen-bond donors (Lipinski definition) is 1.